The van der Waals surface area contributed by atoms with Crippen molar-refractivity contribution in [2.75, 3.05) is 13.1 Å². The van der Waals surface area contributed by atoms with E-state index in [1.165, 1.54) is 11.0 Å². The van der Waals surface area contributed by atoms with Crippen LogP contribution in [0.1, 0.15) is 23.2 Å². The lowest BCUT2D eigenvalue weighted by Gasteiger charge is -2.38. The smallest absolute Gasteiger partial charge is 0.322 e. The fourth-order valence-electron chi connectivity index (χ4n) is 2.73. The maximum Gasteiger partial charge on any atom is 0.322 e. The molecule has 2 saturated heterocycles. The van der Waals surface area contributed by atoms with Crippen LogP contribution in [-0.4, -0.2) is 46.4 Å². The van der Waals surface area contributed by atoms with E-state index in [2.05, 4.69) is 15.6 Å². The van der Waals surface area contributed by atoms with Crippen molar-refractivity contribution in [2.24, 2.45) is 0 Å². The van der Waals surface area contributed by atoms with Gasteiger partial charge in [-0.2, -0.15) is 4.39 Å². The zero-order valence-electron chi connectivity index (χ0n) is 11.1. The first-order valence-electron chi connectivity index (χ1n) is 6.55. The zero-order valence-corrected chi connectivity index (χ0v) is 11.1. The van der Waals surface area contributed by atoms with Gasteiger partial charge >= 0.3 is 6.03 Å². The summed E-state index contributed by atoms with van der Waals surface area (Å²) in [5.74, 6) is -1.41. The number of hydrogen-bond acceptors (Lipinski definition) is 4. The van der Waals surface area contributed by atoms with Gasteiger partial charge in [0.15, 0.2) is 0 Å². The molecule has 8 heteroatoms. The van der Waals surface area contributed by atoms with Crippen molar-refractivity contribution in [3.63, 3.8) is 0 Å². The van der Waals surface area contributed by atoms with Crippen LogP contribution in [0.5, 0.6) is 0 Å². The third-order valence-electron chi connectivity index (χ3n) is 3.77. The predicted molar refractivity (Wildman–Crippen MR) is 68.7 cm³/mol. The molecular formula is C13H13FN4O3. The minimum atomic E-state index is -1.06. The molecule has 1 aromatic rings. The highest BCUT2D eigenvalue weighted by Crippen LogP contribution is 2.25. The molecule has 0 saturated carbocycles. The van der Waals surface area contributed by atoms with Gasteiger partial charge in [-0.05, 0) is 25.0 Å². The number of nitrogens with zero attached hydrogens (tertiary/aromatic N) is 2. The number of imide groups is 1. The SMILES string of the molecule is O=C1NC(=O)C2(CCCN(C(=O)c3ccc(F)nc3)C2)N1. The first-order chi connectivity index (χ1) is 10.00. The minimum absolute atomic E-state index is 0.0980. The van der Waals surface area contributed by atoms with Crippen LogP contribution < -0.4 is 10.6 Å². The highest BCUT2D eigenvalue weighted by atomic mass is 19.1. The molecule has 0 bridgehead atoms. The van der Waals surface area contributed by atoms with E-state index < -0.39 is 23.4 Å². The van der Waals surface area contributed by atoms with E-state index in [1.807, 2.05) is 0 Å². The Morgan fingerprint density at radius 3 is 2.81 bits per heavy atom. The van der Waals surface area contributed by atoms with E-state index in [-0.39, 0.29) is 18.0 Å². The largest absolute Gasteiger partial charge is 0.336 e. The number of halogens is 1. The van der Waals surface area contributed by atoms with Crippen molar-refractivity contribution in [3.05, 3.63) is 29.8 Å². The maximum atomic E-state index is 12.8. The van der Waals surface area contributed by atoms with Crippen molar-refractivity contribution in [2.45, 2.75) is 18.4 Å². The Balaban J connectivity index is 1.80. The van der Waals surface area contributed by atoms with E-state index in [9.17, 15) is 18.8 Å². The number of aromatic nitrogens is 1. The summed E-state index contributed by atoms with van der Waals surface area (Å²) < 4.78 is 12.8. The second kappa shape index (κ2) is 4.80. The fraction of sp³-hybridized carbons (Fsp3) is 0.385. The van der Waals surface area contributed by atoms with Crippen LogP contribution in [0.3, 0.4) is 0 Å². The molecule has 2 fully saturated rings. The standard InChI is InChI=1S/C13H13FN4O3/c14-9-3-2-8(6-15-9)10(19)18-5-1-4-13(7-18)11(20)16-12(21)17-13/h2-3,6H,1,4-5,7H2,(H2,16,17,20,21). The molecule has 21 heavy (non-hydrogen) atoms. The number of rotatable bonds is 1. The predicted octanol–water partition coefficient (Wildman–Crippen LogP) is 0.0349. The number of nitrogens with one attached hydrogen (secondary N) is 2. The molecule has 1 aromatic heterocycles. The lowest BCUT2D eigenvalue weighted by molar-refractivity contribution is -0.125. The monoisotopic (exact) mass is 292 g/mol. The number of carbonyl (C=O) groups is 3. The summed E-state index contributed by atoms with van der Waals surface area (Å²) in [6, 6.07) is 1.91. The van der Waals surface area contributed by atoms with Gasteiger partial charge in [0.1, 0.15) is 5.54 Å². The second-order valence-corrected chi connectivity index (χ2v) is 5.19. The highest BCUT2D eigenvalue weighted by molar-refractivity contribution is 6.07. The molecule has 3 rings (SSSR count). The van der Waals surface area contributed by atoms with Gasteiger partial charge in [0.2, 0.25) is 5.95 Å². The van der Waals surface area contributed by atoms with E-state index in [0.29, 0.717) is 19.4 Å². The van der Waals surface area contributed by atoms with Crippen LogP contribution in [0, 0.1) is 5.95 Å². The lowest BCUT2D eigenvalue weighted by Crippen LogP contribution is -2.59. The summed E-state index contributed by atoms with van der Waals surface area (Å²) in [6.45, 7) is 0.571. The average Bonchev–Trinajstić information content (AvgIpc) is 2.73. The topological polar surface area (TPSA) is 91.4 Å². The van der Waals surface area contributed by atoms with Gasteiger partial charge in [0.05, 0.1) is 12.1 Å². The maximum absolute atomic E-state index is 12.8. The van der Waals surface area contributed by atoms with Gasteiger partial charge in [-0.1, -0.05) is 0 Å². The Bertz CT molecular complexity index is 618. The molecule has 3 heterocycles. The number of amides is 4. The van der Waals surface area contributed by atoms with E-state index in [4.69, 9.17) is 0 Å². The first kappa shape index (κ1) is 13.5. The fourth-order valence-corrected chi connectivity index (χ4v) is 2.73. The summed E-state index contributed by atoms with van der Waals surface area (Å²) in [7, 11) is 0. The summed E-state index contributed by atoms with van der Waals surface area (Å²) in [6.07, 6.45) is 2.23. The highest BCUT2D eigenvalue weighted by Gasteiger charge is 2.49. The van der Waals surface area contributed by atoms with Gasteiger partial charge in [0, 0.05) is 12.7 Å². The molecule has 0 aromatic carbocycles. The Morgan fingerprint density at radius 2 is 2.19 bits per heavy atom. The number of urea groups is 1. The van der Waals surface area contributed by atoms with Crippen LogP contribution in [0.4, 0.5) is 9.18 Å². The Kier molecular flexibility index (Phi) is 3.08. The normalized spacial score (nSPS) is 24.9. The molecule has 0 radical (unpaired) electrons. The third kappa shape index (κ3) is 2.32. The van der Waals surface area contributed by atoms with Crippen molar-refractivity contribution < 1.29 is 18.8 Å². The van der Waals surface area contributed by atoms with E-state index >= 15 is 0 Å². The Morgan fingerprint density at radius 1 is 1.38 bits per heavy atom. The van der Waals surface area contributed by atoms with Crippen LogP contribution in [-0.2, 0) is 4.79 Å². The molecule has 1 atom stereocenters. The Hall–Kier alpha value is -2.51. The molecule has 7 nitrogen and oxygen atoms in total. The molecule has 2 N–H and O–H groups in total. The van der Waals surface area contributed by atoms with Crippen molar-refractivity contribution in [1.29, 1.82) is 0 Å². The van der Waals surface area contributed by atoms with E-state index in [1.54, 1.807) is 0 Å². The molecule has 2 aliphatic rings. The number of piperidine rings is 1. The van der Waals surface area contributed by atoms with Crippen LogP contribution in [0.15, 0.2) is 18.3 Å². The molecule has 110 valence electrons. The molecular weight excluding hydrogens is 279 g/mol. The molecule has 1 unspecified atom stereocenters. The molecule has 1 spiro atoms. The van der Waals surface area contributed by atoms with Gasteiger partial charge in [-0.15, -0.1) is 0 Å². The zero-order chi connectivity index (χ0) is 15.0. The third-order valence-corrected chi connectivity index (χ3v) is 3.77. The minimum Gasteiger partial charge on any atom is -0.336 e. The molecule has 0 aliphatic carbocycles. The van der Waals surface area contributed by atoms with Gasteiger partial charge < -0.3 is 10.2 Å². The van der Waals surface area contributed by atoms with Crippen molar-refractivity contribution in [3.8, 4) is 0 Å². The molecule has 2 aliphatic heterocycles. The van der Waals surface area contributed by atoms with Gasteiger partial charge in [-0.25, -0.2) is 9.78 Å². The Labute approximate surface area is 119 Å². The number of hydrogen-bond donors (Lipinski definition) is 2. The summed E-state index contributed by atoms with van der Waals surface area (Å²) in [5, 5.41) is 4.79. The van der Waals surface area contributed by atoms with E-state index in [0.717, 1.165) is 12.3 Å². The van der Waals surface area contributed by atoms with Gasteiger partial charge in [0.25, 0.3) is 11.8 Å². The summed E-state index contributed by atoms with van der Waals surface area (Å²) in [4.78, 5) is 40.5. The number of likely N-dealkylation sites (tertiary alicyclic amines) is 1. The molecule has 4 amide bonds. The van der Waals surface area contributed by atoms with Crippen LogP contribution in [0.2, 0.25) is 0 Å². The van der Waals surface area contributed by atoms with Crippen molar-refractivity contribution in [1.82, 2.24) is 20.5 Å². The summed E-state index contributed by atoms with van der Waals surface area (Å²) >= 11 is 0. The van der Waals surface area contributed by atoms with Crippen LogP contribution >= 0.6 is 0 Å². The quantitative estimate of drug-likeness (QED) is 0.564. The second-order valence-electron chi connectivity index (χ2n) is 5.19. The first-order valence-corrected chi connectivity index (χ1v) is 6.55. The number of pyridine rings is 1. The van der Waals surface area contributed by atoms with Gasteiger partial charge in [-0.3, -0.25) is 14.9 Å². The number of carbonyl (C=O) groups excluding carboxylic acids is 3. The average molecular weight is 292 g/mol. The van der Waals surface area contributed by atoms with Crippen LogP contribution in [0.25, 0.3) is 0 Å². The van der Waals surface area contributed by atoms with Crippen molar-refractivity contribution >= 4 is 17.8 Å². The lowest BCUT2D eigenvalue weighted by atomic mass is 9.89. The summed E-state index contributed by atoms with van der Waals surface area (Å²) in [5.41, 5.74) is -0.809.